The summed E-state index contributed by atoms with van der Waals surface area (Å²) in [5, 5.41) is 0. The Kier molecular flexibility index (Phi) is 2.32. The number of halogens is 1. The van der Waals surface area contributed by atoms with E-state index in [2.05, 4.69) is 6.92 Å². The van der Waals surface area contributed by atoms with Gasteiger partial charge >= 0.3 is 0 Å². The molecule has 0 aromatic carbocycles. The average Bonchev–Trinajstić information content (AvgIpc) is 1.88. The molecule has 60 valence electrons. The molecule has 2 atom stereocenters. The maximum Gasteiger partial charge on any atom is 0.111 e. The van der Waals surface area contributed by atoms with Gasteiger partial charge in [0.15, 0.2) is 0 Å². The average molecular weight is 144 g/mol. The van der Waals surface area contributed by atoms with Gasteiger partial charge in [-0.2, -0.15) is 0 Å². The van der Waals surface area contributed by atoms with Crippen LogP contribution >= 0.6 is 0 Å². The van der Waals surface area contributed by atoms with Gasteiger partial charge < -0.3 is 0 Å². The largest absolute Gasteiger partial charge is 0.244 e. The van der Waals surface area contributed by atoms with E-state index in [1.54, 1.807) is 0 Å². The van der Waals surface area contributed by atoms with Crippen molar-refractivity contribution in [2.45, 2.75) is 51.6 Å². The summed E-state index contributed by atoms with van der Waals surface area (Å²) in [7, 11) is 0. The van der Waals surface area contributed by atoms with Crippen LogP contribution in [0.3, 0.4) is 0 Å². The first-order valence-electron chi connectivity index (χ1n) is 4.35. The van der Waals surface area contributed by atoms with Crippen molar-refractivity contribution in [2.24, 2.45) is 5.92 Å². The first-order valence-corrected chi connectivity index (χ1v) is 4.35. The zero-order chi connectivity index (χ0) is 7.61. The molecule has 0 aromatic heterocycles. The van der Waals surface area contributed by atoms with E-state index in [1.165, 1.54) is 6.42 Å². The van der Waals surface area contributed by atoms with Gasteiger partial charge in [-0.3, -0.25) is 0 Å². The molecule has 0 unspecified atom stereocenters. The molecule has 1 aliphatic rings. The fraction of sp³-hybridized carbons (Fsp3) is 1.00. The molecule has 1 rings (SSSR count). The summed E-state index contributed by atoms with van der Waals surface area (Å²) in [4.78, 5) is 0. The van der Waals surface area contributed by atoms with Crippen molar-refractivity contribution in [1.82, 2.24) is 0 Å². The normalized spacial score (nSPS) is 41.7. The van der Waals surface area contributed by atoms with Crippen molar-refractivity contribution < 1.29 is 4.39 Å². The zero-order valence-electron chi connectivity index (χ0n) is 6.99. The molecule has 0 aromatic rings. The van der Waals surface area contributed by atoms with Crippen LogP contribution in [0.25, 0.3) is 0 Å². The summed E-state index contributed by atoms with van der Waals surface area (Å²) in [5.41, 5.74) is -0.808. The van der Waals surface area contributed by atoms with Gasteiger partial charge in [0.25, 0.3) is 0 Å². The number of hydrogen-bond donors (Lipinski definition) is 0. The molecule has 0 heterocycles. The van der Waals surface area contributed by atoms with Gasteiger partial charge in [0.05, 0.1) is 0 Å². The van der Waals surface area contributed by atoms with Crippen LogP contribution in [-0.4, -0.2) is 5.67 Å². The van der Waals surface area contributed by atoms with E-state index in [1.807, 2.05) is 6.92 Å². The third-order valence-corrected chi connectivity index (χ3v) is 2.67. The molecule has 0 nitrogen and oxygen atoms in total. The number of alkyl halides is 1. The Bertz CT molecular complexity index is 111. The molecule has 0 saturated heterocycles. The molecule has 10 heavy (non-hydrogen) atoms. The lowest BCUT2D eigenvalue weighted by Gasteiger charge is -2.32. The van der Waals surface area contributed by atoms with Crippen LogP contribution in [0, 0.1) is 5.92 Å². The van der Waals surface area contributed by atoms with Gasteiger partial charge in [-0.15, -0.1) is 0 Å². The van der Waals surface area contributed by atoms with Crippen LogP contribution < -0.4 is 0 Å². The Hall–Kier alpha value is -0.0700. The Morgan fingerprint density at radius 3 is 2.70 bits per heavy atom. The zero-order valence-corrected chi connectivity index (χ0v) is 6.99. The van der Waals surface area contributed by atoms with Crippen LogP contribution in [0.2, 0.25) is 0 Å². The van der Waals surface area contributed by atoms with Crippen molar-refractivity contribution in [2.75, 3.05) is 0 Å². The first-order chi connectivity index (χ1) is 4.66. The van der Waals surface area contributed by atoms with Gasteiger partial charge in [0.1, 0.15) is 5.67 Å². The van der Waals surface area contributed by atoms with E-state index in [4.69, 9.17) is 0 Å². The minimum atomic E-state index is -0.808. The highest BCUT2D eigenvalue weighted by atomic mass is 19.1. The van der Waals surface area contributed by atoms with E-state index in [9.17, 15) is 4.39 Å². The Labute approximate surface area is 62.8 Å². The van der Waals surface area contributed by atoms with E-state index in [0.717, 1.165) is 19.3 Å². The summed E-state index contributed by atoms with van der Waals surface area (Å²) in [6.07, 6.45) is 4.62. The lowest BCUT2D eigenvalue weighted by atomic mass is 9.79. The van der Waals surface area contributed by atoms with E-state index >= 15 is 0 Å². The van der Waals surface area contributed by atoms with Crippen molar-refractivity contribution in [1.29, 1.82) is 0 Å². The SMILES string of the molecule is CC[C@]1(F)CCC[C@H](C)C1. The summed E-state index contributed by atoms with van der Waals surface area (Å²) >= 11 is 0. The molecule has 1 fully saturated rings. The summed E-state index contributed by atoms with van der Waals surface area (Å²) in [6.45, 7) is 4.11. The topological polar surface area (TPSA) is 0 Å². The van der Waals surface area contributed by atoms with Crippen molar-refractivity contribution in [3.05, 3.63) is 0 Å². The van der Waals surface area contributed by atoms with Gasteiger partial charge in [0.2, 0.25) is 0 Å². The van der Waals surface area contributed by atoms with Crippen LogP contribution in [0.5, 0.6) is 0 Å². The summed E-state index contributed by atoms with van der Waals surface area (Å²) < 4.78 is 13.6. The smallest absolute Gasteiger partial charge is 0.111 e. The Balaban J connectivity index is 2.45. The summed E-state index contributed by atoms with van der Waals surface area (Å²) in [5.74, 6) is 0.610. The van der Waals surface area contributed by atoms with Crippen LogP contribution in [0.4, 0.5) is 4.39 Å². The molecule has 0 amide bonds. The van der Waals surface area contributed by atoms with E-state index < -0.39 is 5.67 Å². The minimum Gasteiger partial charge on any atom is -0.244 e. The highest BCUT2D eigenvalue weighted by Gasteiger charge is 2.32. The fourth-order valence-corrected chi connectivity index (χ4v) is 1.92. The summed E-state index contributed by atoms with van der Waals surface area (Å²) in [6, 6.07) is 0. The highest BCUT2D eigenvalue weighted by Crippen LogP contribution is 2.37. The van der Waals surface area contributed by atoms with Gasteiger partial charge in [-0.25, -0.2) is 4.39 Å². The van der Waals surface area contributed by atoms with Crippen molar-refractivity contribution in [3.63, 3.8) is 0 Å². The molecule has 1 saturated carbocycles. The van der Waals surface area contributed by atoms with Crippen LogP contribution in [0.1, 0.15) is 46.0 Å². The Morgan fingerprint density at radius 2 is 2.30 bits per heavy atom. The van der Waals surface area contributed by atoms with Crippen LogP contribution in [-0.2, 0) is 0 Å². The number of hydrogen-bond acceptors (Lipinski definition) is 0. The third kappa shape index (κ3) is 1.71. The van der Waals surface area contributed by atoms with Gasteiger partial charge in [0, 0.05) is 0 Å². The molecule has 0 aliphatic heterocycles. The van der Waals surface area contributed by atoms with Crippen molar-refractivity contribution >= 4 is 0 Å². The predicted octanol–water partition coefficient (Wildman–Crippen LogP) is 3.31. The predicted molar refractivity (Wildman–Crippen MR) is 41.8 cm³/mol. The fourth-order valence-electron chi connectivity index (χ4n) is 1.92. The lowest BCUT2D eigenvalue weighted by molar-refractivity contribution is 0.0762. The highest BCUT2D eigenvalue weighted by molar-refractivity contribution is 4.83. The second kappa shape index (κ2) is 2.89. The first kappa shape index (κ1) is 8.03. The maximum absolute atomic E-state index is 13.6. The molecule has 0 spiro atoms. The molecule has 1 heteroatoms. The minimum absolute atomic E-state index is 0.610. The lowest BCUT2D eigenvalue weighted by Crippen LogP contribution is -2.28. The van der Waals surface area contributed by atoms with E-state index in [0.29, 0.717) is 12.3 Å². The van der Waals surface area contributed by atoms with Crippen LogP contribution in [0.15, 0.2) is 0 Å². The third-order valence-electron chi connectivity index (χ3n) is 2.67. The molecular formula is C9H17F. The molecule has 1 aliphatic carbocycles. The van der Waals surface area contributed by atoms with Crippen molar-refractivity contribution in [3.8, 4) is 0 Å². The maximum atomic E-state index is 13.6. The van der Waals surface area contributed by atoms with Gasteiger partial charge in [-0.1, -0.05) is 26.7 Å². The quantitative estimate of drug-likeness (QED) is 0.529. The monoisotopic (exact) mass is 144 g/mol. The molecule has 0 bridgehead atoms. The van der Waals surface area contributed by atoms with E-state index in [-0.39, 0.29) is 0 Å². The Morgan fingerprint density at radius 1 is 1.60 bits per heavy atom. The second-order valence-corrected chi connectivity index (χ2v) is 3.71. The number of rotatable bonds is 1. The molecular weight excluding hydrogens is 127 g/mol. The standard InChI is InChI=1S/C9H17F/c1-3-9(10)6-4-5-8(2)7-9/h8H,3-7H2,1-2H3/t8-,9-/m0/s1. The second-order valence-electron chi connectivity index (χ2n) is 3.71. The van der Waals surface area contributed by atoms with Gasteiger partial charge in [-0.05, 0) is 25.2 Å². The molecule has 0 N–H and O–H groups in total. The molecule has 0 radical (unpaired) electrons.